The summed E-state index contributed by atoms with van der Waals surface area (Å²) in [6.07, 6.45) is 17.3. The predicted molar refractivity (Wildman–Crippen MR) is 171 cm³/mol. The Morgan fingerprint density at radius 3 is 2.50 bits per heavy atom. The van der Waals surface area contributed by atoms with Crippen molar-refractivity contribution in [2.45, 2.75) is 13.3 Å². The van der Waals surface area contributed by atoms with E-state index in [9.17, 15) is 4.39 Å². The number of hydrogen-bond donors (Lipinski definition) is 3. The third kappa shape index (κ3) is 6.69. The van der Waals surface area contributed by atoms with Gasteiger partial charge in [-0.25, -0.2) is 9.37 Å². The van der Waals surface area contributed by atoms with Crippen molar-refractivity contribution < 1.29 is 4.39 Å². The SMILES string of the molecule is C#C.C=C(/C=C(Cc1nc2c(-c3ccccc3F)nccc2[nH]1)\C(N)=C/C)c1cncc(NC(=C)c2ccccc2)c1. The first kappa shape index (κ1) is 29.2. The number of anilines is 1. The van der Waals surface area contributed by atoms with E-state index >= 15 is 0 Å². The molecule has 0 fully saturated rings. The topological polar surface area (TPSA) is 92.5 Å². The Kier molecular flexibility index (Phi) is 9.44. The van der Waals surface area contributed by atoms with Gasteiger partial charge in [0, 0.05) is 41.3 Å². The summed E-state index contributed by atoms with van der Waals surface area (Å²) in [6.45, 7) is 10.3. The van der Waals surface area contributed by atoms with Crippen LogP contribution in [-0.4, -0.2) is 19.9 Å². The van der Waals surface area contributed by atoms with E-state index in [-0.39, 0.29) is 5.82 Å². The van der Waals surface area contributed by atoms with Crippen LogP contribution in [0.4, 0.5) is 10.1 Å². The fraction of sp³-hybridized carbons (Fsp3) is 0.0571. The molecule has 42 heavy (non-hydrogen) atoms. The van der Waals surface area contributed by atoms with Crippen LogP contribution in [-0.2, 0) is 6.42 Å². The number of pyridine rings is 2. The molecule has 208 valence electrons. The smallest absolute Gasteiger partial charge is 0.132 e. The molecule has 0 aliphatic rings. The lowest BCUT2D eigenvalue weighted by Gasteiger charge is -2.12. The number of allylic oxidation sites excluding steroid dienone is 4. The number of nitrogens with one attached hydrogen (secondary N) is 2. The molecular weight excluding hydrogens is 523 g/mol. The molecule has 0 atom stereocenters. The number of imidazole rings is 1. The molecule has 0 aliphatic carbocycles. The summed E-state index contributed by atoms with van der Waals surface area (Å²) in [5.74, 6) is 0.330. The second-order valence-electron chi connectivity index (χ2n) is 9.27. The minimum atomic E-state index is -0.347. The molecule has 0 spiro atoms. The highest BCUT2D eigenvalue weighted by Crippen LogP contribution is 2.28. The van der Waals surface area contributed by atoms with Gasteiger partial charge in [-0.3, -0.25) is 9.97 Å². The van der Waals surface area contributed by atoms with Crippen LogP contribution < -0.4 is 11.1 Å². The van der Waals surface area contributed by atoms with Crippen LogP contribution in [0.25, 0.3) is 33.6 Å². The largest absolute Gasteiger partial charge is 0.399 e. The number of fused-ring (bicyclic) bond motifs is 1. The number of H-pyrrole nitrogens is 1. The van der Waals surface area contributed by atoms with E-state index in [1.54, 1.807) is 36.8 Å². The highest BCUT2D eigenvalue weighted by atomic mass is 19.1. The fourth-order valence-electron chi connectivity index (χ4n) is 4.39. The molecule has 2 aromatic carbocycles. The third-order valence-corrected chi connectivity index (χ3v) is 6.49. The third-order valence-electron chi connectivity index (χ3n) is 6.49. The van der Waals surface area contributed by atoms with E-state index in [2.05, 4.69) is 46.3 Å². The number of terminal acetylenes is 1. The zero-order chi connectivity index (χ0) is 30.1. The first-order valence-corrected chi connectivity index (χ1v) is 13.1. The molecule has 0 amide bonds. The quantitative estimate of drug-likeness (QED) is 0.129. The van der Waals surface area contributed by atoms with Crippen LogP contribution in [0.2, 0.25) is 0 Å². The van der Waals surface area contributed by atoms with Gasteiger partial charge < -0.3 is 16.0 Å². The van der Waals surface area contributed by atoms with Crippen LogP contribution in [0.3, 0.4) is 0 Å². The Hall–Kier alpha value is -5.74. The van der Waals surface area contributed by atoms with Crippen LogP contribution in [0.5, 0.6) is 0 Å². The monoisotopic (exact) mass is 554 g/mol. The highest BCUT2D eigenvalue weighted by Gasteiger charge is 2.15. The number of aromatic amines is 1. The maximum absolute atomic E-state index is 14.5. The van der Waals surface area contributed by atoms with Gasteiger partial charge in [0.1, 0.15) is 22.9 Å². The van der Waals surface area contributed by atoms with Crippen molar-refractivity contribution in [1.29, 1.82) is 0 Å². The molecule has 6 nitrogen and oxygen atoms in total. The fourth-order valence-corrected chi connectivity index (χ4v) is 4.39. The maximum atomic E-state index is 14.5. The average molecular weight is 555 g/mol. The number of benzene rings is 2. The van der Waals surface area contributed by atoms with Gasteiger partial charge in [-0.15, -0.1) is 12.8 Å². The molecule has 0 saturated carbocycles. The van der Waals surface area contributed by atoms with E-state index in [0.29, 0.717) is 34.7 Å². The summed E-state index contributed by atoms with van der Waals surface area (Å²) in [5.41, 5.74) is 14.2. The molecule has 7 heteroatoms. The van der Waals surface area contributed by atoms with E-state index in [1.165, 1.54) is 6.07 Å². The zero-order valence-electron chi connectivity index (χ0n) is 23.3. The van der Waals surface area contributed by atoms with Crippen molar-refractivity contribution in [3.63, 3.8) is 0 Å². The van der Waals surface area contributed by atoms with Gasteiger partial charge in [-0.05, 0) is 54.0 Å². The number of hydrogen-bond acceptors (Lipinski definition) is 5. The van der Waals surface area contributed by atoms with Gasteiger partial charge in [0.2, 0.25) is 0 Å². The minimum Gasteiger partial charge on any atom is -0.399 e. The van der Waals surface area contributed by atoms with Gasteiger partial charge in [0.15, 0.2) is 0 Å². The van der Waals surface area contributed by atoms with Crippen molar-refractivity contribution in [2.75, 3.05) is 5.32 Å². The van der Waals surface area contributed by atoms with E-state index in [0.717, 1.165) is 39.2 Å². The summed E-state index contributed by atoms with van der Waals surface area (Å²) < 4.78 is 14.5. The van der Waals surface area contributed by atoms with Crippen molar-refractivity contribution in [2.24, 2.45) is 5.73 Å². The first-order chi connectivity index (χ1) is 20.4. The molecule has 0 saturated heterocycles. The lowest BCUT2D eigenvalue weighted by Crippen LogP contribution is -2.05. The second kappa shape index (κ2) is 13.6. The molecule has 0 aliphatic heterocycles. The Morgan fingerprint density at radius 2 is 1.76 bits per heavy atom. The molecule has 0 bridgehead atoms. The van der Waals surface area contributed by atoms with Gasteiger partial charge in [0.05, 0.1) is 17.4 Å². The van der Waals surface area contributed by atoms with Crippen molar-refractivity contribution >= 4 is 28.0 Å². The second-order valence-corrected chi connectivity index (χ2v) is 9.27. The Balaban J connectivity index is 0.00000198. The van der Waals surface area contributed by atoms with Crippen LogP contribution >= 0.6 is 0 Å². The molecule has 5 aromatic rings. The van der Waals surface area contributed by atoms with Gasteiger partial charge in [-0.2, -0.15) is 0 Å². The number of rotatable bonds is 9. The minimum absolute atomic E-state index is 0.347. The average Bonchev–Trinajstić information content (AvgIpc) is 3.45. The normalized spacial score (nSPS) is 11.4. The number of halogens is 1. The highest BCUT2D eigenvalue weighted by molar-refractivity contribution is 5.89. The first-order valence-electron chi connectivity index (χ1n) is 13.1. The number of nitrogens with two attached hydrogens (primary N) is 1. The van der Waals surface area contributed by atoms with E-state index in [4.69, 9.17) is 10.7 Å². The lowest BCUT2D eigenvalue weighted by atomic mass is 10.0. The molecule has 0 unspecified atom stereocenters. The standard InChI is InChI=1S/C33H29FN6.C2H2/c1-4-29(35)24(16-21(2)25-17-26(20-36-19-25)38-22(3)23-10-6-5-7-11-23)18-31-39-30-14-15-37-32(33(30)40-31)27-12-8-9-13-28(27)34;1-2/h4-17,19-20,38H,2-3,18,35H2,1H3,(H,39,40);1-2H/b24-16-,29-4+;. The van der Waals surface area contributed by atoms with E-state index in [1.807, 2.05) is 61.5 Å². The molecule has 3 aromatic heterocycles. The molecule has 0 radical (unpaired) electrons. The zero-order valence-corrected chi connectivity index (χ0v) is 23.3. The Bertz CT molecular complexity index is 1810. The van der Waals surface area contributed by atoms with Gasteiger partial charge in [-0.1, -0.05) is 61.7 Å². The Labute approximate surface area is 245 Å². The van der Waals surface area contributed by atoms with Crippen LogP contribution in [0.15, 0.2) is 122 Å². The molecule has 4 N–H and O–H groups in total. The summed E-state index contributed by atoms with van der Waals surface area (Å²) in [6, 6.07) is 20.2. The predicted octanol–water partition coefficient (Wildman–Crippen LogP) is 7.54. The summed E-state index contributed by atoms with van der Waals surface area (Å²) >= 11 is 0. The summed E-state index contributed by atoms with van der Waals surface area (Å²) in [4.78, 5) is 16.9. The molecule has 5 rings (SSSR count). The van der Waals surface area contributed by atoms with Crippen LogP contribution in [0.1, 0.15) is 23.9 Å². The van der Waals surface area contributed by atoms with Crippen molar-refractivity contribution in [3.8, 4) is 24.1 Å². The number of aromatic nitrogens is 4. The number of nitrogens with zero attached hydrogens (tertiary/aromatic N) is 3. The lowest BCUT2D eigenvalue weighted by molar-refractivity contribution is 0.631. The van der Waals surface area contributed by atoms with Crippen LogP contribution in [0, 0.1) is 18.7 Å². The maximum Gasteiger partial charge on any atom is 0.132 e. The summed E-state index contributed by atoms with van der Waals surface area (Å²) in [5, 5.41) is 3.32. The van der Waals surface area contributed by atoms with Crippen molar-refractivity contribution in [3.05, 3.63) is 145 Å². The van der Waals surface area contributed by atoms with Gasteiger partial charge in [0.25, 0.3) is 0 Å². The van der Waals surface area contributed by atoms with Gasteiger partial charge >= 0.3 is 0 Å². The molecule has 3 heterocycles. The molecular formula is C35H31FN6. The van der Waals surface area contributed by atoms with Crippen molar-refractivity contribution in [1.82, 2.24) is 19.9 Å². The van der Waals surface area contributed by atoms with E-state index < -0.39 is 0 Å². The Morgan fingerprint density at radius 1 is 1.02 bits per heavy atom. The summed E-state index contributed by atoms with van der Waals surface area (Å²) in [7, 11) is 0.